The van der Waals surface area contributed by atoms with E-state index in [4.69, 9.17) is 11.6 Å². The van der Waals surface area contributed by atoms with E-state index in [1.165, 1.54) is 12.8 Å². The van der Waals surface area contributed by atoms with E-state index in [0.29, 0.717) is 6.04 Å². The molecule has 1 fully saturated rings. The van der Waals surface area contributed by atoms with Gasteiger partial charge >= 0.3 is 0 Å². The maximum absolute atomic E-state index is 6.26. The molecular weight excluding hydrogens is 282 g/mol. The van der Waals surface area contributed by atoms with Gasteiger partial charge in [0.15, 0.2) is 0 Å². The van der Waals surface area contributed by atoms with Crippen molar-refractivity contribution in [2.75, 3.05) is 18.0 Å². The second kappa shape index (κ2) is 7.46. The first kappa shape index (κ1) is 16.6. The summed E-state index contributed by atoms with van der Waals surface area (Å²) < 4.78 is 0. The Morgan fingerprint density at radius 2 is 1.95 bits per heavy atom. The van der Waals surface area contributed by atoms with Crippen molar-refractivity contribution >= 4 is 17.4 Å². The topological polar surface area (TPSA) is 28.2 Å². The minimum absolute atomic E-state index is 0.458. The van der Waals surface area contributed by atoms with Crippen LogP contribution in [0.3, 0.4) is 0 Å². The Balaban J connectivity index is 2.02. The van der Waals surface area contributed by atoms with Gasteiger partial charge in [-0.25, -0.2) is 4.98 Å². The van der Waals surface area contributed by atoms with Gasteiger partial charge in [0.25, 0.3) is 0 Å². The van der Waals surface area contributed by atoms with Crippen LogP contribution in [0.5, 0.6) is 0 Å². The third-order valence-corrected chi connectivity index (χ3v) is 4.77. The summed E-state index contributed by atoms with van der Waals surface area (Å²) in [6.45, 7) is 12.0. The third-order valence-electron chi connectivity index (χ3n) is 4.43. The first-order chi connectivity index (χ1) is 9.97. The highest BCUT2D eigenvalue weighted by molar-refractivity contribution is 6.31. The molecular formula is C17H28ClN3. The molecule has 0 aliphatic carbocycles. The quantitative estimate of drug-likeness (QED) is 0.887. The van der Waals surface area contributed by atoms with Gasteiger partial charge in [-0.2, -0.15) is 0 Å². The SMILES string of the molecule is CC(C)NCc1cc(N2CCC(C(C)C)CC2)ncc1Cl. The summed E-state index contributed by atoms with van der Waals surface area (Å²) in [7, 11) is 0. The molecule has 0 atom stereocenters. The summed E-state index contributed by atoms with van der Waals surface area (Å²) in [6, 6.07) is 2.60. The van der Waals surface area contributed by atoms with E-state index >= 15 is 0 Å². The molecule has 0 unspecified atom stereocenters. The number of hydrogen-bond donors (Lipinski definition) is 1. The molecule has 2 rings (SSSR count). The predicted octanol–water partition coefficient (Wildman–Crippen LogP) is 4.11. The van der Waals surface area contributed by atoms with E-state index in [1.54, 1.807) is 6.20 Å². The fourth-order valence-corrected chi connectivity index (χ4v) is 3.06. The molecule has 118 valence electrons. The standard InChI is InChI=1S/C17H28ClN3/c1-12(2)14-5-7-21(8-6-14)17-9-15(10-19-13(3)4)16(18)11-20-17/h9,11-14,19H,5-8,10H2,1-4H3. The molecule has 4 heteroatoms. The molecule has 0 amide bonds. The van der Waals surface area contributed by atoms with Crippen LogP contribution in [-0.4, -0.2) is 24.1 Å². The summed E-state index contributed by atoms with van der Waals surface area (Å²) in [6.07, 6.45) is 4.33. The Labute approximate surface area is 134 Å². The molecule has 3 nitrogen and oxygen atoms in total. The van der Waals surface area contributed by atoms with Gasteiger partial charge in [0.2, 0.25) is 0 Å². The number of anilines is 1. The summed E-state index contributed by atoms with van der Waals surface area (Å²) in [5.41, 5.74) is 1.14. The molecule has 0 aromatic carbocycles. The summed E-state index contributed by atoms with van der Waals surface area (Å²) in [4.78, 5) is 6.92. The fourth-order valence-electron chi connectivity index (χ4n) is 2.89. The van der Waals surface area contributed by atoms with Crippen molar-refractivity contribution in [1.29, 1.82) is 0 Å². The molecule has 1 aliphatic rings. The van der Waals surface area contributed by atoms with Crippen LogP contribution in [0.4, 0.5) is 5.82 Å². The van der Waals surface area contributed by atoms with Gasteiger partial charge in [-0.15, -0.1) is 0 Å². The van der Waals surface area contributed by atoms with Crippen molar-refractivity contribution in [3.63, 3.8) is 0 Å². The molecule has 2 heterocycles. The number of aromatic nitrogens is 1. The van der Waals surface area contributed by atoms with Gasteiger partial charge in [-0.05, 0) is 36.3 Å². The number of nitrogens with one attached hydrogen (secondary N) is 1. The van der Waals surface area contributed by atoms with Crippen LogP contribution in [0.2, 0.25) is 5.02 Å². The van der Waals surface area contributed by atoms with Crippen molar-refractivity contribution < 1.29 is 0 Å². The lowest BCUT2D eigenvalue weighted by Gasteiger charge is -2.34. The zero-order valence-corrected chi connectivity index (χ0v) is 14.5. The normalized spacial score (nSPS) is 17.0. The van der Waals surface area contributed by atoms with Crippen molar-refractivity contribution in [2.45, 2.75) is 53.1 Å². The monoisotopic (exact) mass is 309 g/mol. The van der Waals surface area contributed by atoms with Gasteiger partial charge in [0.1, 0.15) is 5.82 Å². The van der Waals surface area contributed by atoms with E-state index in [0.717, 1.165) is 47.9 Å². The zero-order chi connectivity index (χ0) is 15.4. The summed E-state index contributed by atoms with van der Waals surface area (Å²) in [5.74, 6) is 2.72. The molecule has 0 spiro atoms. The smallest absolute Gasteiger partial charge is 0.128 e. The highest BCUT2D eigenvalue weighted by atomic mass is 35.5. The Kier molecular flexibility index (Phi) is 5.88. The average Bonchev–Trinajstić information content (AvgIpc) is 2.46. The molecule has 1 saturated heterocycles. The second-order valence-corrected chi connectivity index (χ2v) is 7.15. The maximum atomic E-state index is 6.26. The third kappa shape index (κ3) is 4.58. The minimum Gasteiger partial charge on any atom is -0.357 e. The molecule has 0 radical (unpaired) electrons. The van der Waals surface area contributed by atoms with Crippen LogP contribution in [0, 0.1) is 11.8 Å². The van der Waals surface area contributed by atoms with E-state index < -0.39 is 0 Å². The average molecular weight is 310 g/mol. The number of pyridine rings is 1. The van der Waals surface area contributed by atoms with Gasteiger partial charge in [-0.1, -0.05) is 39.3 Å². The largest absolute Gasteiger partial charge is 0.357 e. The number of nitrogens with zero attached hydrogens (tertiary/aromatic N) is 2. The number of halogens is 1. The zero-order valence-electron chi connectivity index (χ0n) is 13.7. The van der Waals surface area contributed by atoms with Crippen molar-refractivity contribution in [3.05, 3.63) is 22.8 Å². The van der Waals surface area contributed by atoms with Crippen LogP contribution in [0.25, 0.3) is 0 Å². The van der Waals surface area contributed by atoms with Gasteiger partial charge in [0, 0.05) is 31.9 Å². The first-order valence-corrected chi connectivity index (χ1v) is 8.48. The highest BCUT2D eigenvalue weighted by Crippen LogP contribution is 2.28. The first-order valence-electron chi connectivity index (χ1n) is 8.10. The van der Waals surface area contributed by atoms with Crippen LogP contribution < -0.4 is 10.2 Å². The summed E-state index contributed by atoms with van der Waals surface area (Å²) >= 11 is 6.26. The molecule has 1 aliphatic heterocycles. The minimum atomic E-state index is 0.458. The number of rotatable bonds is 5. The lowest BCUT2D eigenvalue weighted by molar-refractivity contribution is 0.310. The molecule has 21 heavy (non-hydrogen) atoms. The Morgan fingerprint density at radius 3 is 2.52 bits per heavy atom. The van der Waals surface area contributed by atoms with Crippen molar-refractivity contribution in [2.24, 2.45) is 11.8 Å². The summed E-state index contributed by atoms with van der Waals surface area (Å²) in [5, 5.41) is 4.18. The van der Waals surface area contributed by atoms with E-state index in [-0.39, 0.29) is 0 Å². The Bertz CT molecular complexity index is 451. The van der Waals surface area contributed by atoms with Crippen molar-refractivity contribution in [1.82, 2.24) is 10.3 Å². The lowest BCUT2D eigenvalue weighted by Crippen LogP contribution is -2.35. The van der Waals surface area contributed by atoms with Crippen molar-refractivity contribution in [3.8, 4) is 0 Å². The molecule has 1 aromatic heterocycles. The fraction of sp³-hybridized carbons (Fsp3) is 0.706. The maximum Gasteiger partial charge on any atom is 0.128 e. The number of piperidine rings is 1. The molecule has 1 aromatic rings. The Morgan fingerprint density at radius 1 is 1.29 bits per heavy atom. The van der Waals surface area contributed by atoms with Gasteiger partial charge in [-0.3, -0.25) is 0 Å². The van der Waals surface area contributed by atoms with E-state index in [1.807, 2.05) is 0 Å². The van der Waals surface area contributed by atoms with E-state index in [9.17, 15) is 0 Å². The van der Waals surface area contributed by atoms with Crippen LogP contribution in [0.1, 0.15) is 46.1 Å². The van der Waals surface area contributed by atoms with Gasteiger partial charge in [0.05, 0.1) is 5.02 Å². The Hall–Kier alpha value is -0.800. The molecule has 0 bridgehead atoms. The van der Waals surface area contributed by atoms with E-state index in [2.05, 4.69) is 49.0 Å². The lowest BCUT2D eigenvalue weighted by atomic mass is 9.87. The molecule has 0 saturated carbocycles. The second-order valence-electron chi connectivity index (χ2n) is 6.74. The highest BCUT2D eigenvalue weighted by Gasteiger charge is 2.22. The number of hydrogen-bond acceptors (Lipinski definition) is 3. The van der Waals surface area contributed by atoms with Crippen LogP contribution in [-0.2, 0) is 6.54 Å². The van der Waals surface area contributed by atoms with Gasteiger partial charge < -0.3 is 10.2 Å². The predicted molar refractivity (Wildman–Crippen MR) is 91.0 cm³/mol. The van der Waals surface area contributed by atoms with Crippen LogP contribution in [0.15, 0.2) is 12.3 Å². The van der Waals surface area contributed by atoms with Crippen LogP contribution >= 0.6 is 11.6 Å². The molecule has 1 N–H and O–H groups in total.